The van der Waals surface area contributed by atoms with Gasteiger partial charge >= 0.3 is 0 Å². The molecule has 3 aromatic rings. The minimum Gasteiger partial charge on any atom is -0.497 e. The molecule has 0 aliphatic rings. The number of H-pyrrole nitrogens is 1. The van der Waals surface area contributed by atoms with Crippen LogP contribution in [-0.4, -0.2) is 12.1 Å². The van der Waals surface area contributed by atoms with Gasteiger partial charge in [0.15, 0.2) is 5.43 Å². The molecule has 0 fully saturated rings. The largest absolute Gasteiger partial charge is 0.497 e. The van der Waals surface area contributed by atoms with Gasteiger partial charge < -0.3 is 9.72 Å². The molecular weight excluding hydrogens is 250 g/mol. The highest BCUT2D eigenvalue weighted by molar-refractivity contribution is 5.84. The summed E-state index contributed by atoms with van der Waals surface area (Å²) in [6.07, 6.45) is 0. The van der Waals surface area contributed by atoms with Gasteiger partial charge in [-0.25, -0.2) is 0 Å². The van der Waals surface area contributed by atoms with E-state index in [0.717, 1.165) is 22.3 Å². The fourth-order valence-electron chi connectivity index (χ4n) is 2.38. The van der Waals surface area contributed by atoms with E-state index in [-0.39, 0.29) is 5.43 Å². The van der Waals surface area contributed by atoms with Crippen molar-refractivity contribution in [2.75, 3.05) is 7.11 Å². The van der Waals surface area contributed by atoms with Gasteiger partial charge in [-0.05, 0) is 30.7 Å². The van der Waals surface area contributed by atoms with Crippen molar-refractivity contribution in [3.8, 4) is 17.0 Å². The molecule has 0 bridgehead atoms. The van der Waals surface area contributed by atoms with Crippen molar-refractivity contribution in [3.63, 3.8) is 0 Å². The average Bonchev–Trinajstić information content (AvgIpc) is 2.51. The maximum atomic E-state index is 12.5. The molecule has 3 nitrogen and oxygen atoms in total. The van der Waals surface area contributed by atoms with Crippen LogP contribution in [0.15, 0.2) is 53.3 Å². The van der Waals surface area contributed by atoms with Crippen molar-refractivity contribution in [1.29, 1.82) is 0 Å². The van der Waals surface area contributed by atoms with E-state index in [1.54, 1.807) is 13.2 Å². The van der Waals surface area contributed by atoms with Gasteiger partial charge in [0.2, 0.25) is 0 Å². The standard InChI is InChI=1S/C17H15NO2/c1-11-16(12-6-4-3-5-7-12)18-15-9-8-13(20-2)10-14(15)17(11)19/h3-10H,1-2H3,(H,18,19). The second-order valence-corrected chi connectivity index (χ2v) is 4.73. The van der Waals surface area contributed by atoms with Gasteiger partial charge in [0.05, 0.1) is 18.3 Å². The van der Waals surface area contributed by atoms with Crippen molar-refractivity contribution >= 4 is 10.9 Å². The molecule has 1 heterocycles. The Morgan fingerprint density at radius 2 is 1.80 bits per heavy atom. The molecule has 0 atom stereocenters. The average molecular weight is 265 g/mol. The summed E-state index contributed by atoms with van der Waals surface area (Å²) in [4.78, 5) is 15.9. The predicted molar refractivity (Wildman–Crippen MR) is 81.3 cm³/mol. The molecule has 2 aromatic carbocycles. The van der Waals surface area contributed by atoms with Gasteiger partial charge in [0.1, 0.15) is 5.75 Å². The van der Waals surface area contributed by atoms with E-state index in [1.807, 2.05) is 49.4 Å². The lowest BCUT2D eigenvalue weighted by Gasteiger charge is -2.09. The normalized spacial score (nSPS) is 10.7. The number of methoxy groups -OCH3 is 1. The lowest BCUT2D eigenvalue weighted by atomic mass is 10.0. The number of fused-ring (bicyclic) bond motifs is 1. The van der Waals surface area contributed by atoms with Crippen molar-refractivity contribution in [2.24, 2.45) is 0 Å². The van der Waals surface area contributed by atoms with E-state index in [9.17, 15) is 4.79 Å². The van der Waals surface area contributed by atoms with Crippen LogP contribution in [-0.2, 0) is 0 Å². The van der Waals surface area contributed by atoms with Crippen LogP contribution in [0.25, 0.3) is 22.2 Å². The molecule has 0 radical (unpaired) electrons. The predicted octanol–water partition coefficient (Wildman–Crippen LogP) is 3.51. The van der Waals surface area contributed by atoms with Crippen LogP contribution >= 0.6 is 0 Å². The molecule has 20 heavy (non-hydrogen) atoms. The zero-order valence-corrected chi connectivity index (χ0v) is 11.4. The smallest absolute Gasteiger partial charge is 0.193 e. The summed E-state index contributed by atoms with van der Waals surface area (Å²) >= 11 is 0. The van der Waals surface area contributed by atoms with E-state index in [1.165, 1.54) is 0 Å². The topological polar surface area (TPSA) is 42.1 Å². The number of hydrogen-bond acceptors (Lipinski definition) is 2. The molecule has 0 spiro atoms. The Kier molecular flexibility index (Phi) is 3.03. The monoisotopic (exact) mass is 265 g/mol. The van der Waals surface area contributed by atoms with E-state index in [0.29, 0.717) is 11.1 Å². The molecule has 0 amide bonds. The van der Waals surface area contributed by atoms with E-state index < -0.39 is 0 Å². The van der Waals surface area contributed by atoms with E-state index in [4.69, 9.17) is 4.74 Å². The first-order chi connectivity index (χ1) is 9.70. The Labute approximate surface area is 116 Å². The zero-order chi connectivity index (χ0) is 14.1. The zero-order valence-electron chi connectivity index (χ0n) is 11.4. The fourth-order valence-corrected chi connectivity index (χ4v) is 2.38. The van der Waals surface area contributed by atoms with Crippen molar-refractivity contribution < 1.29 is 4.74 Å². The second kappa shape index (κ2) is 4.85. The Hall–Kier alpha value is -2.55. The van der Waals surface area contributed by atoms with Crippen LogP contribution in [0.1, 0.15) is 5.56 Å². The number of nitrogens with one attached hydrogen (secondary N) is 1. The Morgan fingerprint density at radius 3 is 2.50 bits per heavy atom. The highest BCUT2D eigenvalue weighted by Crippen LogP contribution is 2.23. The van der Waals surface area contributed by atoms with Gasteiger partial charge in [-0.3, -0.25) is 4.79 Å². The summed E-state index contributed by atoms with van der Waals surface area (Å²) in [6.45, 7) is 1.85. The Bertz CT molecular complexity index is 820. The Balaban J connectivity index is 2.32. The number of aromatic amines is 1. The summed E-state index contributed by atoms with van der Waals surface area (Å²) in [5.41, 5.74) is 3.46. The number of hydrogen-bond donors (Lipinski definition) is 1. The molecular formula is C17H15NO2. The van der Waals surface area contributed by atoms with Crippen molar-refractivity contribution in [1.82, 2.24) is 4.98 Å². The molecule has 0 saturated heterocycles. The molecule has 1 aromatic heterocycles. The summed E-state index contributed by atoms with van der Waals surface area (Å²) in [7, 11) is 1.60. The summed E-state index contributed by atoms with van der Waals surface area (Å²) in [5.74, 6) is 0.690. The van der Waals surface area contributed by atoms with Crippen LogP contribution in [0, 0.1) is 6.92 Å². The highest BCUT2D eigenvalue weighted by atomic mass is 16.5. The number of pyridine rings is 1. The molecule has 0 unspecified atom stereocenters. The first-order valence-corrected chi connectivity index (χ1v) is 6.47. The minimum absolute atomic E-state index is 0.0384. The van der Waals surface area contributed by atoms with Gasteiger partial charge in [0.25, 0.3) is 0 Å². The molecule has 0 aliphatic heterocycles. The van der Waals surface area contributed by atoms with Gasteiger partial charge in [-0.15, -0.1) is 0 Å². The lowest BCUT2D eigenvalue weighted by molar-refractivity contribution is 0.415. The Morgan fingerprint density at radius 1 is 1.05 bits per heavy atom. The van der Waals surface area contributed by atoms with Crippen molar-refractivity contribution in [3.05, 3.63) is 64.3 Å². The van der Waals surface area contributed by atoms with E-state index in [2.05, 4.69) is 4.98 Å². The molecule has 0 aliphatic carbocycles. The second-order valence-electron chi connectivity index (χ2n) is 4.73. The number of benzene rings is 2. The lowest BCUT2D eigenvalue weighted by Crippen LogP contribution is -2.09. The van der Waals surface area contributed by atoms with E-state index >= 15 is 0 Å². The fraction of sp³-hybridized carbons (Fsp3) is 0.118. The first kappa shape index (κ1) is 12.5. The third-order valence-electron chi connectivity index (χ3n) is 3.51. The summed E-state index contributed by atoms with van der Waals surface area (Å²) < 4.78 is 5.18. The quantitative estimate of drug-likeness (QED) is 0.770. The number of aromatic nitrogens is 1. The van der Waals surface area contributed by atoms with Gasteiger partial charge in [-0.1, -0.05) is 30.3 Å². The van der Waals surface area contributed by atoms with Crippen LogP contribution in [0.2, 0.25) is 0 Å². The number of ether oxygens (including phenoxy) is 1. The third kappa shape index (κ3) is 1.97. The number of rotatable bonds is 2. The SMILES string of the molecule is COc1ccc2[nH]c(-c3ccccc3)c(C)c(=O)c2c1. The molecule has 3 rings (SSSR count). The highest BCUT2D eigenvalue weighted by Gasteiger charge is 2.10. The summed E-state index contributed by atoms with van der Waals surface area (Å²) in [5, 5.41) is 0.654. The van der Waals surface area contributed by atoms with Crippen LogP contribution < -0.4 is 10.2 Å². The summed E-state index contributed by atoms with van der Waals surface area (Å²) in [6, 6.07) is 15.4. The van der Waals surface area contributed by atoms with Crippen LogP contribution in [0.3, 0.4) is 0 Å². The maximum absolute atomic E-state index is 12.5. The minimum atomic E-state index is 0.0384. The van der Waals surface area contributed by atoms with Gasteiger partial charge in [0, 0.05) is 10.9 Å². The van der Waals surface area contributed by atoms with Crippen LogP contribution in [0.4, 0.5) is 0 Å². The first-order valence-electron chi connectivity index (χ1n) is 6.47. The van der Waals surface area contributed by atoms with Crippen molar-refractivity contribution in [2.45, 2.75) is 6.92 Å². The molecule has 1 N–H and O–H groups in total. The molecule has 3 heteroatoms. The molecule has 100 valence electrons. The third-order valence-corrected chi connectivity index (χ3v) is 3.51. The van der Waals surface area contributed by atoms with Crippen LogP contribution in [0.5, 0.6) is 5.75 Å². The maximum Gasteiger partial charge on any atom is 0.193 e. The van der Waals surface area contributed by atoms with Gasteiger partial charge in [-0.2, -0.15) is 0 Å². The molecule has 0 saturated carbocycles.